The second-order valence-electron chi connectivity index (χ2n) is 5.61. The summed E-state index contributed by atoms with van der Waals surface area (Å²) in [6.07, 6.45) is 0. The van der Waals surface area contributed by atoms with Crippen LogP contribution in [0.4, 0.5) is 0 Å². The van der Waals surface area contributed by atoms with Gasteiger partial charge in [-0.15, -0.1) is 0 Å². The molecular weight excluding hydrogens is 250 g/mol. The van der Waals surface area contributed by atoms with E-state index in [0.29, 0.717) is 0 Å². The molecule has 2 aromatic rings. The van der Waals surface area contributed by atoms with Crippen molar-refractivity contribution in [3.05, 3.63) is 36.1 Å². The maximum Gasteiger partial charge on any atom is 0.134 e. The van der Waals surface area contributed by atoms with Gasteiger partial charge in [-0.2, -0.15) is 0 Å². The molecule has 0 spiro atoms. The van der Waals surface area contributed by atoms with Crippen LogP contribution < -0.4 is 11.3 Å². The van der Waals surface area contributed by atoms with Crippen molar-refractivity contribution in [3.8, 4) is 0 Å². The van der Waals surface area contributed by atoms with E-state index in [1.54, 1.807) is 0 Å². The number of rotatable bonds is 6. The van der Waals surface area contributed by atoms with Gasteiger partial charge in [0.2, 0.25) is 0 Å². The third-order valence-corrected chi connectivity index (χ3v) is 4.18. The summed E-state index contributed by atoms with van der Waals surface area (Å²) in [4.78, 5) is 2.38. The molecule has 1 heterocycles. The van der Waals surface area contributed by atoms with Gasteiger partial charge in [0.25, 0.3) is 0 Å². The molecule has 1 unspecified atom stereocenters. The molecule has 20 heavy (non-hydrogen) atoms. The van der Waals surface area contributed by atoms with Gasteiger partial charge in [-0.3, -0.25) is 10.7 Å². The van der Waals surface area contributed by atoms with E-state index >= 15 is 0 Å². The van der Waals surface area contributed by atoms with Crippen LogP contribution in [0.3, 0.4) is 0 Å². The molecule has 3 N–H and O–H groups in total. The molecule has 0 saturated carbocycles. The van der Waals surface area contributed by atoms with Crippen LogP contribution in [0, 0.1) is 0 Å². The summed E-state index contributed by atoms with van der Waals surface area (Å²) in [6, 6.07) is 10.1. The quantitative estimate of drug-likeness (QED) is 0.628. The van der Waals surface area contributed by atoms with Crippen LogP contribution in [0.15, 0.2) is 34.7 Å². The van der Waals surface area contributed by atoms with Crippen molar-refractivity contribution >= 4 is 11.0 Å². The predicted octanol–water partition coefficient (Wildman–Crippen LogP) is 3.06. The van der Waals surface area contributed by atoms with Gasteiger partial charge >= 0.3 is 0 Å². The van der Waals surface area contributed by atoms with Gasteiger partial charge in [0.05, 0.1) is 6.04 Å². The number of furan rings is 1. The molecule has 0 bridgehead atoms. The van der Waals surface area contributed by atoms with Crippen LogP contribution in [0.1, 0.15) is 39.5 Å². The molecule has 0 amide bonds. The fraction of sp³-hybridized carbons (Fsp3) is 0.500. The largest absolute Gasteiger partial charge is 0.459 e. The number of likely N-dealkylation sites (N-methyl/N-ethyl adjacent to an activating group) is 1. The van der Waals surface area contributed by atoms with Crippen molar-refractivity contribution in [1.82, 2.24) is 10.3 Å². The molecule has 1 aromatic carbocycles. The summed E-state index contributed by atoms with van der Waals surface area (Å²) in [5, 5.41) is 1.11. The maximum absolute atomic E-state index is 5.98. The van der Waals surface area contributed by atoms with E-state index in [1.165, 1.54) is 0 Å². The Hall–Kier alpha value is -1.36. The van der Waals surface area contributed by atoms with E-state index < -0.39 is 0 Å². The lowest BCUT2D eigenvalue weighted by Crippen LogP contribution is -2.54. The van der Waals surface area contributed by atoms with E-state index in [1.807, 2.05) is 18.2 Å². The molecule has 0 fully saturated rings. The molecule has 0 aliphatic rings. The Bertz CT molecular complexity index is 525. The molecule has 1 atom stereocenters. The number of benzene rings is 1. The standard InChI is InChI=1S/C16H25N3O/c1-5-19(6-2)16(3,4)15(18-17)14-11-12-9-7-8-10-13(12)20-14/h7-11,15,18H,5-6,17H2,1-4H3. The number of hydrogen-bond donors (Lipinski definition) is 2. The first kappa shape index (κ1) is 15.0. The molecule has 1 aromatic heterocycles. The highest BCUT2D eigenvalue weighted by molar-refractivity contribution is 5.77. The Morgan fingerprint density at radius 1 is 1.25 bits per heavy atom. The van der Waals surface area contributed by atoms with Crippen molar-refractivity contribution in [2.75, 3.05) is 13.1 Å². The van der Waals surface area contributed by atoms with E-state index in [2.05, 4.69) is 50.2 Å². The Morgan fingerprint density at radius 3 is 2.45 bits per heavy atom. The molecule has 0 radical (unpaired) electrons. The second kappa shape index (κ2) is 5.95. The first-order valence-corrected chi connectivity index (χ1v) is 7.24. The second-order valence-corrected chi connectivity index (χ2v) is 5.61. The summed E-state index contributed by atoms with van der Waals surface area (Å²) in [7, 11) is 0. The van der Waals surface area contributed by atoms with Crippen LogP contribution >= 0.6 is 0 Å². The lowest BCUT2D eigenvalue weighted by atomic mass is 9.90. The molecule has 4 nitrogen and oxygen atoms in total. The third-order valence-electron chi connectivity index (χ3n) is 4.18. The van der Waals surface area contributed by atoms with Crippen LogP contribution in [0.2, 0.25) is 0 Å². The van der Waals surface area contributed by atoms with Gasteiger partial charge in [0, 0.05) is 10.9 Å². The Balaban J connectivity index is 2.40. The monoisotopic (exact) mass is 275 g/mol. The highest BCUT2D eigenvalue weighted by Gasteiger charge is 2.36. The minimum Gasteiger partial charge on any atom is -0.459 e. The van der Waals surface area contributed by atoms with Crippen LogP contribution in [-0.2, 0) is 0 Å². The van der Waals surface area contributed by atoms with Gasteiger partial charge < -0.3 is 4.42 Å². The lowest BCUT2D eigenvalue weighted by Gasteiger charge is -2.42. The minimum absolute atomic E-state index is 0.0604. The smallest absolute Gasteiger partial charge is 0.134 e. The Labute approximate surface area is 120 Å². The zero-order valence-electron chi connectivity index (χ0n) is 12.8. The van der Waals surface area contributed by atoms with Crippen LogP contribution in [-0.4, -0.2) is 23.5 Å². The molecule has 0 aliphatic carbocycles. The molecular formula is C16H25N3O. The molecule has 110 valence electrons. The van der Waals surface area contributed by atoms with Gasteiger partial charge in [-0.1, -0.05) is 32.0 Å². The average molecular weight is 275 g/mol. The number of nitrogens with one attached hydrogen (secondary N) is 1. The van der Waals surface area contributed by atoms with Gasteiger partial charge in [0.1, 0.15) is 11.3 Å². The molecule has 0 saturated heterocycles. The third kappa shape index (κ3) is 2.59. The lowest BCUT2D eigenvalue weighted by molar-refractivity contribution is 0.0827. The maximum atomic E-state index is 5.98. The number of fused-ring (bicyclic) bond motifs is 1. The first-order chi connectivity index (χ1) is 9.54. The average Bonchev–Trinajstić information content (AvgIpc) is 2.83. The number of hydrazine groups is 1. The van der Waals surface area contributed by atoms with Gasteiger partial charge in [0.15, 0.2) is 0 Å². The van der Waals surface area contributed by atoms with Gasteiger partial charge in [-0.05, 0) is 39.1 Å². The van der Waals surface area contributed by atoms with E-state index in [4.69, 9.17) is 10.3 Å². The Morgan fingerprint density at radius 2 is 1.90 bits per heavy atom. The number of nitrogens with two attached hydrogens (primary N) is 1. The normalized spacial score (nSPS) is 14.1. The molecule has 2 rings (SSSR count). The first-order valence-electron chi connectivity index (χ1n) is 7.24. The fourth-order valence-corrected chi connectivity index (χ4v) is 3.00. The SMILES string of the molecule is CCN(CC)C(C)(C)C(NN)c1cc2ccccc2o1. The highest BCUT2D eigenvalue weighted by Crippen LogP contribution is 2.33. The van der Waals surface area contributed by atoms with Crippen molar-refractivity contribution in [1.29, 1.82) is 0 Å². The highest BCUT2D eigenvalue weighted by atomic mass is 16.3. The summed E-state index contributed by atoms with van der Waals surface area (Å²) in [6.45, 7) is 10.7. The van der Waals surface area contributed by atoms with Gasteiger partial charge in [-0.25, -0.2) is 5.43 Å². The van der Waals surface area contributed by atoms with Crippen molar-refractivity contribution in [2.45, 2.75) is 39.3 Å². The number of para-hydroxylation sites is 1. The fourth-order valence-electron chi connectivity index (χ4n) is 3.00. The van der Waals surface area contributed by atoms with E-state index in [9.17, 15) is 0 Å². The molecule has 4 heteroatoms. The summed E-state index contributed by atoms with van der Waals surface area (Å²) < 4.78 is 5.98. The van der Waals surface area contributed by atoms with Crippen LogP contribution in [0.5, 0.6) is 0 Å². The zero-order valence-corrected chi connectivity index (χ0v) is 12.8. The van der Waals surface area contributed by atoms with E-state index in [0.717, 1.165) is 29.8 Å². The van der Waals surface area contributed by atoms with E-state index in [-0.39, 0.29) is 11.6 Å². The number of nitrogens with zero attached hydrogens (tertiary/aromatic N) is 1. The number of hydrogen-bond acceptors (Lipinski definition) is 4. The summed E-state index contributed by atoms with van der Waals surface area (Å²) in [5.74, 6) is 6.70. The topological polar surface area (TPSA) is 54.4 Å². The summed E-state index contributed by atoms with van der Waals surface area (Å²) in [5.41, 5.74) is 3.70. The van der Waals surface area contributed by atoms with Crippen molar-refractivity contribution in [3.63, 3.8) is 0 Å². The van der Waals surface area contributed by atoms with Crippen LogP contribution in [0.25, 0.3) is 11.0 Å². The zero-order chi connectivity index (χ0) is 14.8. The van der Waals surface area contributed by atoms with Crippen molar-refractivity contribution in [2.24, 2.45) is 5.84 Å². The predicted molar refractivity (Wildman–Crippen MR) is 83.3 cm³/mol. The van der Waals surface area contributed by atoms with Crippen molar-refractivity contribution < 1.29 is 4.42 Å². The summed E-state index contributed by atoms with van der Waals surface area (Å²) >= 11 is 0. The Kier molecular flexibility index (Phi) is 4.48. The molecule has 0 aliphatic heterocycles. The minimum atomic E-state index is -0.133.